The SMILES string of the molecule is CCC(CCCN1C(=O)c2ccccc2C1=O)CC(C)(C)[N+](=O)[O-]. The second kappa shape index (κ2) is 7.11. The number of fused-ring (bicyclic) bond motifs is 1. The standard InChI is InChI=1S/C18H24N2O4/c1-4-13(12-18(2,3)20(23)24)8-7-11-19-16(21)14-9-5-6-10-15(14)17(19)22/h5-6,9-10,13H,4,7-8,11-12H2,1-3H3. The molecule has 1 aliphatic heterocycles. The number of amides is 2. The molecule has 1 heterocycles. The van der Waals surface area contributed by atoms with Gasteiger partial charge in [-0.05, 0) is 30.9 Å². The summed E-state index contributed by atoms with van der Waals surface area (Å²) >= 11 is 0. The van der Waals surface area contributed by atoms with Gasteiger partial charge in [-0.3, -0.25) is 24.6 Å². The molecule has 0 radical (unpaired) electrons. The molecule has 0 N–H and O–H groups in total. The van der Waals surface area contributed by atoms with Crippen LogP contribution in [0.1, 0.15) is 67.2 Å². The van der Waals surface area contributed by atoms with Gasteiger partial charge in [0, 0.05) is 31.7 Å². The molecule has 6 heteroatoms. The molecular formula is C18H24N2O4. The number of hydrogen-bond donors (Lipinski definition) is 0. The van der Waals surface area contributed by atoms with Crippen LogP contribution in [-0.4, -0.2) is 33.7 Å². The average molecular weight is 332 g/mol. The number of imide groups is 1. The van der Waals surface area contributed by atoms with Crippen LogP contribution in [0.4, 0.5) is 0 Å². The molecule has 1 aromatic carbocycles. The third-order valence-electron chi connectivity index (χ3n) is 4.73. The Hall–Kier alpha value is -2.24. The third kappa shape index (κ3) is 3.63. The molecule has 2 rings (SSSR count). The molecule has 130 valence electrons. The lowest BCUT2D eigenvalue weighted by Crippen LogP contribution is -2.34. The van der Waals surface area contributed by atoms with Crippen LogP contribution in [0.25, 0.3) is 0 Å². The maximum atomic E-state index is 12.3. The molecule has 6 nitrogen and oxygen atoms in total. The lowest BCUT2D eigenvalue weighted by molar-refractivity contribution is -0.563. The zero-order valence-electron chi connectivity index (χ0n) is 14.4. The Bertz CT molecular complexity index is 619. The summed E-state index contributed by atoms with van der Waals surface area (Å²) in [5.41, 5.74) is -0.0241. The summed E-state index contributed by atoms with van der Waals surface area (Å²) in [5, 5.41) is 11.1. The molecule has 0 fully saturated rings. The van der Waals surface area contributed by atoms with Crippen LogP contribution in [0.3, 0.4) is 0 Å². The van der Waals surface area contributed by atoms with E-state index >= 15 is 0 Å². The number of rotatable bonds is 8. The first-order valence-electron chi connectivity index (χ1n) is 8.37. The monoisotopic (exact) mass is 332 g/mol. The fourth-order valence-corrected chi connectivity index (χ4v) is 3.21. The smallest absolute Gasteiger partial charge is 0.261 e. The first-order valence-corrected chi connectivity index (χ1v) is 8.37. The van der Waals surface area contributed by atoms with E-state index in [2.05, 4.69) is 0 Å². The quantitative estimate of drug-likeness (QED) is 0.414. The topological polar surface area (TPSA) is 80.5 Å². The van der Waals surface area contributed by atoms with Crippen LogP contribution in [-0.2, 0) is 0 Å². The molecule has 2 amide bonds. The Labute approximate surface area is 142 Å². The van der Waals surface area contributed by atoms with Gasteiger partial charge in [0.05, 0.1) is 11.1 Å². The van der Waals surface area contributed by atoms with Gasteiger partial charge in [-0.1, -0.05) is 25.5 Å². The van der Waals surface area contributed by atoms with Crippen LogP contribution in [0.2, 0.25) is 0 Å². The summed E-state index contributed by atoms with van der Waals surface area (Å²) in [5.74, 6) is -0.274. The van der Waals surface area contributed by atoms with E-state index < -0.39 is 5.54 Å². The zero-order chi connectivity index (χ0) is 17.9. The predicted molar refractivity (Wildman–Crippen MR) is 90.5 cm³/mol. The summed E-state index contributed by atoms with van der Waals surface area (Å²) in [6.45, 7) is 5.66. The van der Waals surface area contributed by atoms with E-state index in [9.17, 15) is 19.7 Å². The molecular weight excluding hydrogens is 308 g/mol. The summed E-state index contributed by atoms with van der Waals surface area (Å²) in [6, 6.07) is 6.84. The minimum atomic E-state index is -0.948. The second-order valence-corrected chi connectivity index (χ2v) is 7.00. The van der Waals surface area contributed by atoms with Crippen molar-refractivity contribution in [1.82, 2.24) is 4.90 Å². The fraction of sp³-hybridized carbons (Fsp3) is 0.556. The largest absolute Gasteiger partial charge is 0.274 e. The number of nitrogens with zero attached hydrogens (tertiary/aromatic N) is 2. The molecule has 0 aromatic heterocycles. The molecule has 24 heavy (non-hydrogen) atoms. The van der Waals surface area contributed by atoms with Gasteiger partial charge in [0.2, 0.25) is 5.54 Å². The summed E-state index contributed by atoms with van der Waals surface area (Å²) < 4.78 is 0. The van der Waals surface area contributed by atoms with Gasteiger partial charge in [-0.15, -0.1) is 0 Å². The van der Waals surface area contributed by atoms with Crippen molar-refractivity contribution >= 4 is 11.8 Å². The van der Waals surface area contributed by atoms with Crippen molar-refractivity contribution in [2.45, 2.75) is 52.0 Å². The third-order valence-corrected chi connectivity index (χ3v) is 4.73. The highest BCUT2D eigenvalue weighted by Gasteiger charge is 2.36. The average Bonchev–Trinajstić information content (AvgIpc) is 2.79. The van der Waals surface area contributed by atoms with Crippen molar-refractivity contribution in [2.75, 3.05) is 6.54 Å². The molecule has 0 spiro atoms. The maximum absolute atomic E-state index is 12.3. The lowest BCUT2D eigenvalue weighted by Gasteiger charge is -2.23. The number of nitro groups is 1. The Morgan fingerprint density at radius 1 is 1.17 bits per heavy atom. The number of carbonyl (C=O) groups is 2. The maximum Gasteiger partial charge on any atom is 0.261 e. The zero-order valence-corrected chi connectivity index (χ0v) is 14.4. The fourth-order valence-electron chi connectivity index (χ4n) is 3.21. The molecule has 1 aromatic rings. The van der Waals surface area contributed by atoms with Gasteiger partial charge >= 0.3 is 0 Å². The molecule has 0 saturated carbocycles. The molecule has 1 aliphatic rings. The summed E-state index contributed by atoms with van der Waals surface area (Å²) in [7, 11) is 0. The van der Waals surface area contributed by atoms with Crippen molar-refractivity contribution in [3.05, 3.63) is 45.5 Å². The second-order valence-electron chi connectivity index (χ2n) is 7.00. The number of hydrogen-bond acceptors (Lipinski definition) is 4. The van der Waals surface area contributed by atoms with E-state index in [1.807, 2.05) is 6.92 Å². The van der Waals surface area contributed by atoms with Crippen molar-refractivity contribution in [1.29, 1.82) is 0 Å². The highest BCUT2D eigenvalue weighted by Crippen LogP contribution is 2.27. The van der Waals surface area contributed by atoms with E-state index in [4.69, 9.17) is 0 Å². The highest BCUT2D eigenvalue weighted by atomic mass is 16.6. The van der Waals surface area contributed by atoms with Gasteiger partial charge in [0.15, 0.2) is 0 Å². The van der Waals surface area contributed by atoms with E-state index in [0.29, 0.717) is 30.5 Å². The molecule has 0 saturated heterocycles. The Morgan fingerprint density at radius 3 is 2.17 bits per heavy atom. The van der Waals surface area contributed by atoms with Crippen molar-refractivity contribution in [2.24, 2.45) is 5.92 Å². The molecule has 1 unspecified atom stereocenters. The van der Waals surface area contributed by atoms with Crippen molar-refractivity contribution in [3.8, 4) is 0 Å². The lowest BCUT2D eigenvalue weighted by atomic mass is 9.86. The minimum Gasteiger partial charge on any atom is -0.274 e. The van der Waals surface area contributed by atoms with Crippen LogP contribution >= 0.6 is 0 Å². The van der Waals surface area contributed by atoms with Crippen molar-refractivity contribution in [3.63, 3.8) is 0 Å². The first-order chi connectivity index (χ1) is 11.3. The highest BCUT2D eigenvalue weighted by molar-refractivity contribution is 6.21. The van der Waals surface area contributed by atoms with Gasteiger partial charge < -0.3 is 0 Å². The minimum absolute atomic E-state index is 0.209. The number of benzene rings is 1. The molecule has 0 aliphatic carbocycles. The van der Waals surface area contributed by atoms with E-state index in [1.54, 1.807) is 38.1 Å². The Balaban J connectivity index is 1.91. The van der Waals surface area contributed by atoms with Crippen LogP contribution < -0.4 is 0 Å². The Kier molecular flexibility index (Phi) is 5.36. The van der Waals surface area contributed by atoms with Crippen LogP contribution in [0.15, 0.2) is 24.3 Å². The van der Waals surface area contributed by atoms with Gasteiger partial charge in [-0.2, -0.15) is 0 Å². The van der Waals surface area contributed by atoms with Crippen LogP contribution in [0.5, 0.6) is 0 Å². The summed E-state index contributed by atoms with van der Waals surface area (Å²) in [6.07, 6.45) is 2.77. The summed E-state index contributed by atoms with van der Waals surface area (Å²) in [4.78, 5) is 36.7. The number of carbonyl (C=O) groups excluding carboxylic acids is 2. The molecule has 1 atom stereocenters. The predicted octanol–water partition coefficient (Wildman–Crippen LogP) is 3.53. The Morgan fingerprint density at radius 2 is 1.71 bits per heavy atom. The van der Waals surface area contributed by atoms with Crippen molar-refractivity contribution < 1.29 is 14.5 Å². The van der Waals surface area contributed by atoms with Gasteiger partial charge in [0.25, 0.3) is 11.8 Å². The van der Waals surface area contributed by atoms with Gasteiger partial charge in [0.1, 0.15) is 0 Å². The van der Waals surface area contributed by atoms with E-state index in [0.717, 1.165) is 12.8 Å². The van der Waals surface area contributed by atoms with Crippen LogP contribution in [0, 0.1) is 16.0 Å². The van der Waals surface area contributed by atoms with Gasteiger partial charge in [-0.25, -0.2) is 0 Å². The van der Waals surface area contributed by atoms with E-state index in [1.165, 1.54) is 4.90 Å². The molecule has 0 bridgehead atoms. The van der Waals surface area contributed by atoms with E-state index in [-0.39, 0.29) is 22.7 Å². The first kappa shape index (κ1) is 18.1. The normalized spacial score (nSPS) is 15.5.